The van der Waals surface area contributed by atoms with Crippen LogP contribution in [0.25, 0.3) is 0 Å². The quantitative estimate of drug-likeness (QED) is 0.857. The summed E-state index contributed by atoms with van der Waals surface area (Å²) in [7, 11) is 0. The van der Waals surface area contributed by atoms with Gasteiger partial charge in [0, 0.05) is 5.02 Å². The van der Waals surface area contributed by atoms with Gasteiger partial charge in [-0.2, -0.15) is 13.2 Å². The minimum absolute atomic E-state index is 0.00328. The standard InChI is InChI=1S/C10H11ClF3N/c11-8-3-1-2-7(6-8)9(4-5-15)10(12,13)14/h1-3,6,9H,4-5,15H2. The van der Waals surface area contributed by atoms with Gasteiger partial charge in [0.25, 0.3) is 0 Å². The van der Waals surface area contributed by atoms with Gasteiger partial charge in [-0.3, -0.25) is 0 Å². The van der Waals surface area contributed by atoms with Gasteiger partial charge >= 0.3 is 6.18 Å². The molecule has 0 amide bonds. The average molecular weight is 238 g/mol. The summed E-state index contributed by atoms with van der Waals surface area (Å²) >= 11 is 5.64. The Morgan fingerprint density at radius 3 is 2.47 bits per heavy atom. The second-order valence-corrected chi connectivity index (χ2v) is 3.66. The van der Waals surface area contributed by atoms with Gasteiger partial charge in [0.05, 0.1) is 5.92 Å². The van der Waals surface area contributed by atoms with E-state index < -0.39 is 12.1 Å². The fourth-order valence-electron chi connectivity index (χ4n) is 1.41. The minimum Gasteiger partial charge on any atom is -0.330 e. The van der Waals surface area contributed by atoms with Crippen molar-refractivity contribution in [3.63, 3.8) is 0 Å². The Morgan fingerprint density at radius 1 is 1.33 bits per heavy atom. The fourth-order valence-corrected chi connectivity index (χ4v) is 1.61. The Morgan fingerprint density at radius 2 is 2.00 bits per heavy atom. The van der Waals surface area contributed by atoms with Crippen molar-refractivity contribution in [3.8, 4) is 0 Å². The van der Waals surface area contributed by atoms with E-state index in [0.717, 1.165) is 0 Å². The first-order chi connectivity index (χ1) is 6.95. The van der Waals surface area contributed by atoms with Crippen LogP contribution in [0.5, 0.6) is 0 Å². The van der Waals surface area contributed by atoms with Gasteiger partial charge in [-0.15, -0.1) is 0 Å². The van der Waals surface area contributed by atoms with Crippen LogP contribution >= 0.6 is 11.6 Å². The largest absolute Gasteiger partial charge is 0.395 e. The molecular weight excluding hydrogens is 227 g/mol. The molecule has 2 N–H and O–H groups in total. The lowest BCUT2D eigenvalue weighted by Gasteiger charge is -2.20. The predicted molar refractivity (Wildman–Crippen MR) is 53.9 cm³/mol. The van der Waals surface area contributed by atoms with Crippen LogP contribution in [0.2, 0.25) is 5.02 Å². The highest BCUT2D eigenvalue weighted by atomic mass is 35.5. The molecule has 1 rings (SSSR count). The fraction of sp³-hybridized carbons (Fsp3) is 0.400. The Hall–Kier alpha value is -0.740. The van der Waals surface area contributed by atoms with Crippen LogP contribution in [-0.2, 0) is 0 Å². The Labute approximate surface area is 91.0 Å². The second-order valence-electron chi connectivity index (χ2n) is 3.23. The van der Waals surface area contributed by atoms with Gasteiger partial charge in [0.15, 0.2) is 0 Å². The maximum Gasteiger partial charge on any atom is 0.395 e. The van der Waals surface area contributed by atoms with E-state index >= 15 is 0 Å². The molecule has 0 aliphatic heterocycles. The molecular formula is C10H11ClF3N. The van der Waals surface area contributed by atoms with Gasteiger partial charge in [0.1, 0.15) is 0 Å². The van der Waals surface area contributed by atoms with Gasteiger partial charge < -0.3 is 5.73 Å². The van der Waals surface area contributed by atoms with Crippen LogP contribution in [0.3, 0.4) is 0 Å². The average Bonchev–Trinajstić information content (AvgIpc) is 2.12. The topological polar surface area (TPSA) is 26.0 Å². The van der Waals surface area contributed by atoms with E-state index in [1.807, 2.05) is 0 Å². The molecule has 0 heterocycles. The zero-order valence-corrected chi connectivity index (χ0v) is 8.65. The Bertz CT molecular complexity index is 325. The van der Waals surface area contributed by atoms with Crippen molar-refractivity contribution in [1.29, 1.82) is 0 Å². The minimum atomic E-state index is -4.27. The van der Waals surface area contributed by atoms with Crippen molar-refractivity contribution in [1.82, 2.24) is 0 Å². The lowest BCUT2D eigenvalue weighted by molar-refractivity contribution is -0.151. The molecule has 1 nitrogen and oxygen atoms in total. The van der Waals surface area contributed by atoms with Crippen LogP contribution in [0.1, 0.15) is 17.9 Å². The maximum atomic E-state index is 12.6. The first kappa shape index (κ1) is 12.3. The van der Waals surface area contributed by atoms with Crippen molar-refractivity contribution < 1.29 is 13.2 Å². The highest BCUT2D eigenvalue weighted by Crippen LogP contribution is 2.37. The molecule has 0 aliphatic rings. The van der Waals surface area contributed by atoms with E-state index in [0.29, 0.717) is 5.02 Å². The third-order valence-electron chi connectivity index (χ3n) is 2.10. The number of hydrogen-bond donors (Lipinski definition) is 1. The molecule has 0 spiro atoms. The monoisotopic (exact) mass is 237 g/mol. The number of rotatable bonds is 3. The number of hydrogen-bond acceptors (Lipinski definition) is 1. The van der Waals surface area contributed by atoms with E-state index in [2.05, 4.69) is 0 Å². The SMILES string of the molecule is NCCC(c1cccc(Cl)c1)C(F)(F)F. The van der Waals surface area contributed by atoms with Gasteiger partial charge in [-0.25, -0.2) is 0 Å². The van der Waals surface area contributed by atoms with Crippen LogP contribution in [0.4, 0.5) is 13.2 Å². The number of alkyl halides is 3. The molecule has 15 heavy (non-hydrogen) atoms. The van der Waals surface area contributed by atoms with Crippen LogP contribution in [0, 0.1) is 0 Å². The van der Waals surface area contributed by atoms with Crippen molar-refractivity contribution in [2.75, 3.05) is 6.54 Å². The van der Waals surface area contributed by atoms with Crippen LogP contribution in [-0.4, -0.2) is 12.7 Å². The molecule has 0 aromatic heterocycles. The van der Waals surface area contributed by atoms with E-state index in [4.69, 9.17) is 17.3 Å². The van der Waals surface area contributed by atoms with Crippen molar-refractivity contribution >= 4 is 11.6 Å². The molecule has 0 radical (unpaired) electrons. The Kier molecular flexibility index (Phi) is 3.99. The van der Waals surface area contributed by atoms with Crippen molar-refractivity contribution in [2.24, 2.45) is 5.73 Å². The van der Waals surface area contributed by atoms with Crippen molar-refractivity contribution in [2.45, 2.75) is 18.5 Å². The molecule has 1 aromatic rings. The first-order valence-corrected chi connectivity index (χ1v) is 4.85. The zero-order chi connectivity index (χ0) is 11.5. The molecule has 84 valence electrons. The summed E-state index contributed by atoms with van der Waals surface area (Å²) in [4.78, 5) is 0. The lowest BCUT2D eigenvalue weighted by atomic mass is 9.95. The summed E-state index contributed by atoms with van der Waals surface area (Å²) in [6.45, 7) is -0.00328. The highest BCUT2D eigenvalue weighted by molar-refractivity contribution is 6.30. The molecule has 0 saturated carbocycles. The molecule has 0 bridgehead atoms. The molecule has 0 fully saturated rings. The molecule has 1 atom stereocenters. The molecule has 0 saturated heterocycles. The van der Waals surface area contributed by atoms with Gasteiger partial charge in [0.2, 0.25) is 0 Å². The van der Waals surface area contributed by atoms with E-state index in [1.165, 1.54) is 18.2 Å². The van der Waals surface area contributed by atoms with Crippen molar-refractivity contribution in [3.05, 3.63) is 34.9 Å². The number of benzene rings is 1. The normalized spacial score (nSPS) is 13.9. The van der Waals surface area contributed by atoms with Crippen LogP contribution < -0.4 is 5.73 Å². The second kappa shape index (κ2) is 4.86. The third-order valence-corrected chi connectivity index (χ3v) is 2.34. The third kappa shape index (κ3) is 3.39. The summed E-state index contributed by atoms with van der Waals surface area (Å²) in [6, 6.07) is 5.79. The number of nitrogens with two attached hydrogens (primary N) is 1. The first-order valence-electron chi connectivity index (χ1n) is 4.47. The van der Waals surface area contributed by atoms with Gasteiger partial charge in [-0.1, -0.05) is 23.7 Å². The zero-order valence-electron chi connectivity index (χ0n) is 7.89. The summed E-state index contributed by atoms with van der Waals surface area (Å²) in [5.41, 5.74) is 5.34. The summed E-state index contributed by atoms with van der Waals surface area (Å²) in [5, 5.41) is 0.304. The summed E-state index contributed by atoms with van der Waals surface area (Å²) in [5.74, 6) is -1.53. The smallest absolute Gasteiger partial charge is 0.330 e. The molecule has 0 aliphatic carbocycles. The van der Waals surface area contributed by atoms with E-state index in [1.54, 1.807) is 6.07 Å². The van der Waals surface area contributed by atoms with E-state index in [-0.39, 0.29) is 18.5 Å². The summed E-state index contributed by atoms with van der Waals surface area (Å²) in [6.07, 6.45) is -4.39. The molecule has 5 heteroatoms. The Balaban J connectivity index is 2.99. The summed E-state index contributed by atoms with van der Waals surface area (Å²) < 4.78 is 37.9. The maximum absolute atomic E-state index is 12.6. The van der Waals surface area contributed by atoms with Gasteiger partial charge in [-0.05, 0) is 30.7 Å². The van der Waals surface area contributed by atoms with Crippen LogP contribution in [0.15, 0.2) is 24.3 Å². The van der Waals surface area contributed by atoms with E-state index in [9.17, 15) is 13.2 Å². The molecule has 1 aromatic carbocycles. The lowest BCUT2D eigenvalue weighted by Crippen LogP contribution is -2.23. The highest BCUT2D eigenvalue weighted by Gasteiger charge is 2.39. The molecule has 1 unspecified atom stereocenters. The predicted octanol–water partition coefficient (Wildman–Crippen LogP) is 3.33. The number of halogens is 4.